The van der Waals surface area contributed by atoms with Crippen LogP contribution in [0.1, 0.15) is 29.3 Å². The molecule has 0 aromatic heterocycles. The highest BCUT2D eigenvalue weighted by Gasteiger charge is 2.91. The van der Waals surface area contributed by atoms with Crippen LogP contribution in [0.25, 0.3) is 0 Å². The summed E-state index contributed by atoms with van der Waals surface area (Å²) >= 11 is 0. The molecule has 0 heterocycles. The zero-order valence-electron chi connectivity index (χ0n) is 16.4. The molecule has 0 spiro atoms. The molecule has 0 aliphatic heterocycles. The highest BCUT2D eigenvalue weighted by molar-refractivity contribution is 5.94. The van der Waals surface area contributed by atoms with Crippen molar-refractivity contribution in [3.8, 4) is 0 Å². The molecule has 0 bridgehead atoms. The van der Waals surface area contributed by atoms with E-state index >= 15 is 0 Å². The summed E-state index contributed by atoms with van der Waals surface area (Å²) in [4.78, 5) is 11.3. The molecule has 202 valence electrons. The van der Waals surface area contributed by atoms with Gasteiger partial charge in [-0.1, -0.05) is 18.2 Å². The molecule has 2 nitrogen and oxygen atoms in total. The molecule has 35 heavy (non-hydrogen) atoms. The number of carbonyl (C=O) groups is 1. The van der Waals surface area contributed by atoms with Crippen LogP contribution in [0.4, 0.5) is 70.2 Å². The second-order valence-corrected chi connectivity index (χ2v) is 7.17. The van der Waals surface area contributed by atoms with Crippen molar-refractivity contribution in [1.29, 1.82) is 0 Å². The van der Waals surface area contributed by atoms with Gasteiger partial charge in [0.15, 0.2) is 11.4 Å². The Kier molecular flexibility index (Phi) is 7.38. The van der Waals surface area contributed by atoms with Crippen molar-refractivity contribution in [3.05, 3.63) is 35.4 Å². The fourth-order valence-electron chi connectivity index (χ4n) is 2.60. The Hall–Kier alpha value is -2.27. The van der Waals surface area contributed by atoms with E-state index in [2.05, 4.69) is 0 Å². The first-order valence-corrected chi connectivity index (χ1v) is 8.48. The standard InChI is InChI=1S/C17H10F16O2/c1-7(34)8-3-2-4-9(5-8)10(35,16(28,29)30)6-11(18,19)12(20,21)13(22,23)14(24,25)15(26,27)17(31,32)33/h2-5,35H,6H2,1H3. The van der Waals surface area contributed by atoms with Gasteiger partial charge in [-0.05, 0) is 18.6 Å². The van der Waals surface area contributed by atoms with E-state index in [0.717, 1.165) is 6.07 Å². The first-order chi connectivity index (χ1) is 15.1. The number of alkyl halides is 16. The molecular weight excluding hydrogens is 540 g/mol. The lowest BCUT2D eigenvalue weighted by Gasteiger charge is -2.42. The maximum absolute atomic E-state index is 14.1. The molecule has 0 radical (unpaired) electrons. The Morgan fingerprint density at radius 2 is 1.11 bits per heavy atom. The van der Waals surface area contributed by atoms with Gasteiger partial charge in [0.25, 0.3) is 0 Å². The van der Waals surface area contributed by atoms with E-state index < -0.39 is 70.9 Å². The fraction of sp³-hybridized carbons (Fsp3) is 0.588. The van der Waals surface area contributed by atoms with Crippen molar-refractivity contribution in [2.45, 2.75) is 60.9 Å². The van der Waals surface area contributed by atoms with Crippen LogP contribution in [0.2, 0.25) is 0 Å². The van der Waals surface area contributed by atoms with Gasteiger partial charge in [-0.15, -0.1) is 0 Å². The van der Waals surface area contributed by atoms with Gasteiger partial charge in [0, 0.05) is 5.56 Å². The molecule has 1 N–H and O–H groups in total. The molecular formula is C17H10F16O2. The van der Waals surface area contributed by atoms with Crippen LogP contribution in [0.15, 0.2) is 24.3 Å². The van der Waals surface area contributed by atoms with Crippen LogP contribution in [0.3, 0.4) is 0 Å². The second kappa shape index (κ2) is 8.40. The van der Waals surface area contributed by atoms with Gasteiger partial charge in [0.1, 0.15) is 0 Å². The number of rotatable bonds is 8. The van der Waals surface area contributed by atoms with Crippen LogP contribution in [0, 0.1) is 0 Å². The largest absolute Gasteiger partial charge is 0.460 e. The fourth-order valence-corrected chi connectivity index (χ4v) is 2.60. The minimum Gasteiger partial charge on any atom is -0.376 e. The molecule has 0 amide bonds. The van der Waals surface area contributed by atoms with Crippen molar-refractivity contribution < 1.29 is 80.1 Å². The Morgan fingerprint density at radius 3 is 1.49 bits per heavy atom. The number of ketones is 1. The maximum Gasteiger partial charge on any atom is 0.460 e. The van der Waals surface area contributed by atoms with Crippen LogP contribution < -0.4 is 0 Å². The molecule has 18 heteroatoms. The smallest absolute Gasteiger partial charge is 0.376 e. The van der Waals surface area contributed by atoms with E-state index in [1.54, 1.807) is 0 Å². The van der Waals surface area contributed by atoms with E-state index in [-0.39, 0.29) is 12.1 Å². The first kappa shape index (κ1) is 30.8. The Labute approximate surface area is 183 Å². The lowest BCUT2D eigenvalue weighted by Crippen LogP contribution is -2.70. The summed E-state index contributed by atoms with van der Waals surface area (Å²) in [5.41, 5.74) is -7.96. The number of halogens is 16. The third kappa shape index (κ3) is 4.64. The zero-order valence-corrected chi connectivity index (χ0v) is 16.4. The summed E-state index contributed by atoms with van der Waals surface area (Å²) in [6.07, 6.45) is -18.1. The normalized spacial score (nSPS) is 16.7. The van der Waals surface area contributed by atoms with Crippen LogP contribution in [-0.2, 0) is 5.60 Å². The third-order valence-electron chi connectivity index (χ3n) is 4.69. The van der Waals surface area contributed by atoms with Gasteiger partial charge >= 0.3 is 42.0 Å². The van der Waals surface area contributed by atoms with E-state index in [4.69, 9.17) is 0 Å². The molecule has 1 aromatic rings. The predicted octanol–water partition coefficient (Wildman–Crippen LogP) is 6.77. The van der Waals surface area contributed by atoms with Crippen molar-refractivity contribution in [3.63, 3.8) is 0 Å². The maximum atomic E-state index is 14.1. The molecule has 0 saturated heterocycles. The Morgan fingerprint density at radius 1 is 0.686 bits per heavy atom. The zero-order chi connectivity index (χ0) is 28.3. The van der Waals surface area contributed by atoms with Crippen LogP contribution in [-0.4, -0.2) is 52.9 Å². The summed E-state index contributed by atoms with van der Waals surface area (Å²) in [7, 11) is 0. The quantitative estimate of drug-likeness (QED) is 0.287. The van der Waals surface area contributed by atoms with Gasteiger partial charge in [-0.25, -0.2) is 0 Å². The molecule has 0 aliphatic rings. The summed E-state index contributed by atoms with van der Waals surface area (Å²) < 4.78 is 212. The average Bonchev–Trinajstić information content (AvgIpc) is 2.65. The minimum absolute atomic E-state index is 0.00536. The first-order valence-electron chi connectivity index (χ1n) is 8.48. The van der Waals surface area contributed by atoms with Gasteiger partial charge in [-0.3, -0.25) is 4.79 Å². The summed E-state index contributed by atoms with van der Waals surface area (Å²) in [5, 5.41) is 9.77. The topological polar surface area (TPSA) is 37.3 Å². The molecule has 1 rings (SSSR count). The number of hydrogen-bond donors (Lipinski definition) is 1. The lowest BCUT2D eigenvalue weighted by atomic mass is 9.82. The second-order valence-electron chi connectivity index (χ2n) is 7.17. The van der Waals surface area contributed by atoms with Gasteiger partial charge in [-0.2, -0.15) is 70.2 Å². The van der Waals surface area contributed by atoms with Crippen molar-refractivity contribution in [2.75, 3.05) is 0 Å². The molecule has 1 unspecified atom stereocenters. The number of Topliss-reactive ketones (excluding diaryl/α,β-unsaturated/α-hetero) is 1. The summed E-state index contributed by atoms with van der Waals surface area (Å²) in [6, 6.07) is 1.28. The minimum atomic E-state index is -8.32. The Bertz CT molecular complexity index is 946. The van der Waals surface area contributed by atoms with Gasteiger partial charge in [0.2, 0.25) is 0 Å². The van der Waals surface area contributed by atoms with E-state index in [0.29, 0.717) is 13.0 Å². The number of carbonyl (C=O) groups excluding carboxylic acids is 1. The highest BCUT2D eigenvalue weighted by atomic mass is 19.4. The van der Waals surface area contributed by atoms with Crippen molar-refractivity contribution in [1.82, 2.24) is 0 Å². The SMILES string of the molecule is CC(=O)c1cccc(C(O)(CC(F)(F)C(F)(F)C(F)(F)C(F)(F)C(F)(F)C(F)(F)F)C(F)(F)F)c1. The number of hydrogen-bond acceptors (Lipinski definition) is 2. The average molecular weight is 550 g/mol. The molecule has 1 atom stereocenters. The summed E-state index contributed by atoms with van der Waals surface area (Å²) in [5.74, 6) is -41.0. The van der Waals surface area contributed by atoms with Crippen molar-refractivity contribution >= 4 is 5.78 Å². The highest BCUT2D eigenvalue weighted by Crippen LogP contribution is 2.62. The Balaban J connectivity index is 3.73. The molecule has 1 aromatic carbocycles. The predicted molar refractivity (Wildman–Crippen MR) is 81.8 cm³/mol. The lowest BCUT2D eigenvalue weighted by molar-refractivity contribution is -0.443. The van der Waals surface area contributed by atoms with E-state index in [9.17, 15) is 80.1 Å². The van der Waals surface area contributed by atoms with Crippen molar-refractivity contribution in [2.24, 2.45) is 0 Å². The van der Waals surface area contributed by atoms with Crippen LogP contribution in [0.5, 0.6) is 0 Å². The molecule has 0 aliphatic carbocycles. The third-order valence-corrected chi connectivity index (χ3v) is 4.69. The number of benzene rings is 1. The summed E-state index contributed by atoms with van der Waals surface area (Å²) in [6.45, 7) is 0.692. The molecule has 0 fully saturated rings. The van der Waals surface area contributed by atoms with E-state index in [1.165, 1.54) is 0 Å². The monoisotopic (exact) mass is 550 g/mol. The molecule has 0 saturated carbocycles. The number of aliphatic hydroxyl groups is 1. The van der Waals surface area contributed by atoms with Gasteiger partial charge < -0.3 is 5.11 Å². The van der Waals surface area contributed by atoms with Gasteiger partial charge in [0.05, 0.1) is 6.42 Å². The van der Waals surface area contributed by atoms with E-state index in [1.807, 2.05) is 0 Å². The van der Waals surface area contributed by atoms with Crippen LogP contribution >= 0.6 is 0 Å².